The number of carboxylic acid groups (broad SMARTS) is 1. The summed E-state index contributed by atoms with van der Waals surface area (Å²) in [7, 11) is 1.48. The van der Waals surface area contributed by atoms with Gasteiger partial charge in [0.05, 0.1) is 24.4 Å². The van der Waals surface area contributed by atoms with Crippen molar-refractivity contribution in [2.45, 2.75) is 18.8 Å². The molecule has 44 heavy (non-hydrogen) atoms. The first kappa shape index (κ1) is 28.8. The molecule has 0 saturated carbocycles. The van der Waals surface area contributed by atoms with Gasteiger partial charge in [0.15, 0.2) is 6.61 Å². The molecule has 10 nitrogen and oxygen atoms in total. The number of fused-ring (bicyclic) bond motifs is 1. The minimum absolute atomic E-state index is 0.0177. The van der Waals surface area contributed by atoms with Crippen LogP contribution in [0.5, 0.6) is 17.2 Å². The van der Waals surface area contributed by atoms with Gasteiger partial charge in [-0.15, -0.1) is 0 Å². The van der Waals surface area contributed by atoms with E-state index < -0.39 is 24.3 Å². The maximum atomic E-state index is 13.5. The van der Waals surface area contributed by atoms with Crippen LogP contribution in [0.15, 0.2) is 96.6 Å². The monoisotopic (exact) mass is 610 g/mol. The van der Waals surface area contributed by atoms with E-state index in [0.717, 1.165) is 17.3 Å². The zero-order valence-electron chi connectivity index (χ0n) is 23.4. The van der Waals surface area contributed by atoms with Crippen LogP contribution in [0.2, 0.25) is 0 Å². The highest BCUT2D eigenvalue weighted by Gasteiger charge is 2.48. The maximum Gasteiger partial charge on any atom is 0.342 e. The van der Waals surface area contributed by atoms with Crippen LogP contribution in [-0.2, 0) is 33.1 Å². The first-order chi connectivity index (χ1) is 21.3. The predicted molar refractivity (Wildman–Crippen MR) is 161 cm³/mol. The van der Waals surface area contributed by atoms with E-state index in [1.165, 1.54) is 7.11 Å². The van der Waals surface area contributed by atoms with Crippen LogP contribution in [0, 0.1) is 0 Å². The standard InChI is InChI=1S/C33H26N2O8S/c1-40-25-11-7-21(29(17-25)42-19-30(36)37)15-26-31(22-8-14-27-28(16-22)35-44-34-27)32(38)43-33(26,39)23-9-12-24(13-10-23)41-18-20-5-3-2-4-6-20/h2-14,16-17,39H,15,18-19H2,1H3,(H,36,37). The highest BCUT2D eigenvalue weighted by Crippen LogP contribution is 2.46. The smallest absolute Gasteiger partial charge is 0.342 e. The van der Waals surface area contributed by atoms with E-state index in [4.69, 9.17) is 18.9 Å². The van der Waals surface area contributed by atoms with E-state index in [0.29, 0.717) is 45.8 Å². The number of ether oxygens (including phenoxy) is 4. The number of aliphatic hydroxyl groups is 1. The number of benzene rings is 4. The van der Waals surface area contributed by atoms with Crippen molar-refractivity contribution >= 4 is 40.3 Å². The third-order valence-corrected chi connectivity index (χ3v) is 7.74. The lowest BCUT2D eigenvalue weighted by atomic mass is 9.87. The van der Waals surface area contributed by atoms with Crippen LogP contribution in [0.25, 0.3) is 16.6 Å². The second kappa shape index (κ2) is 12.2. The van der Waals surface area contributed by atoms with Crippen molar-refractivity contribution in [2.75, 3.05) is 13.7 Å². The number of carbonyl (C=O) groups is 2. The number of cyclic esters (lactones) is 1. The third-order valence-electron chi connectivity index (χ3n) is 7.18. The Bertz CT molecular complexity index is 1870. The van der Waals surface area contributed by atoms with Crippen LogP contribution in [0.1, 0.15) is 22.3 Å². The summed E-state index contributed by atoms with van der Waals surface area (Å²) >= 11 is 1.05. The summed E-state index contributed by atoms with van der Waals surface area (Å²) in [5.41, 5.74) is 3.98. The Morgan fingerprint density at radius 3 is 2.41 bits per heavy atom. The Hall–Kier alpha value is -5.26. The highest BCUT2D eigenvalue weighted by molar-refractivity contribution is 7.00. The lowest BCUT2D eigenvalue weighted by Crippen LogP contribution is -2.29. The van der Waals surface area contributed by atoms with Crippen molar-refractivity contribution in [3.63, 3.8) is 0 Å². The molecule has 0 aliphatic carbocycles. The summed E-state index contributed by atoms with van der Waals surface area (Å²) in [6.45, 7) is -0.233. The van der Waals surface area contributed by atoms with Crippen molar-refractivity contribution in [2.24, 2.45) is 0 Å². The molecule has 6 rings (SSSR count). The number of rotatable bonds is 11. The fourth-order valence-electron chi connectivity index (χ4n) is 5.00. The van der Waals surface area contributed by atoms with Crippen LogP contribution in [0.3, 0.4) is 0 Å². The van der Waals surface area contributed by atoms with E-state index in [-0.39, 0.29) is 23.3 Å². The molecule has 0 fully saturated rings. The van der Waals surface area contributed by atoms with Crippen LogP contribution in [0.4, 0.5) is 0 Å². The topological polar surface area (TPSA) is 137 Å². The molecule has 1 unspecified atom stereocenters. The lowest BCUT2D eigenvalue weighted by molar-refractivity contribution is -0.185. The number of carboxylic acids is 1. The van der Waals surface area contributed by atoms with Gasteiger partial charge in [-0.3, -0.25) is 0 Å². The number of aromatic nitrogens is 2. The first-order valence-electron chi connectivity index (χ1n) is 13.5. The molecule has 1 aliphatic rings. The van der Waals surface area contributed by atoms with Gasteiger partial charge in [0, 0.05) is 23.6 Å². The summed E-state index contributed by atoms with van der Waals surface area (Å²) in [5, 5.41) is 21.4. The van der Waals surface area contributed by atoms with Crippen LogP contribution >= 0.6 is 11.7 Å². The molecule has 1 aliphatic heterocycles. The summed E-state index contributed by atoms with van der Waals surface area (Å²) < 4.78 is 31.1. The maximum absolute atomic E-state index is 13.5. The highest BCUT2D eigenvalue weighted by atomic mass is 32.1. The minimum Gasteiger partial charge on any atom is -0.497 e. The lowest BCUT2D eigenvalue weighted by Gasteiger charge is -2.26. The Kier molecular flexibility index (Phi) is 7.97. The molecule has 2 heterocycles. The van der Waals surface area contributed by atoms with Gasteiger partial charge < -0.3 is 29.2 Å². The molecule has 222 valence electrons. The number of hydrogen-bond acceptors (Lipinski definition) is 10. The number of esters is 1. The van der Waals surface area contributed by atoms with Crippen LogP contribution in [-0.4, -0.2) is 44.6 Å². The average Bonchev–Trinajstić information content (AvgIpc) is 3.61. The van der Waals surface area contributed by atoms with E-state index in [2.05, 4.69) is 8.75 Å². The van der Waals surface area contributed by atoms with Crippen molar-refractivity contribution in [1.82, 2.24) is 8.75 Å². The van der Waals surface area contributed by atoms with Gasteiger partial charge in [0.25, 0.3) is 5.79 Å². The third kappa shape index (κ3) is 5.83. The SMILES string of the molecule is COc1ccc(CC2=C(c3ccc4nsnc4c3)C(=O)OC2(O)c2ccc(OCc3ccccc3)cc2)c(OCC(=O)O)c1. The molecule has 0 amide bonds. The van der Waals surface area contributed by atoms with Crippen molar-refractivity contribution in [3.05, 3.63) is 119 Å². The number of methoxy groups -OCH3 is 1. The molecule has 5 aromatic rings. The Morgan fingerprint density at radius 2 is 1.66 bits per heavy atom. The fourth-order valence-corrected chi connectivity index (χ4v) is 5.52. The minimum atomic E-state index is -2.15. The van der Waals surface area contributed by atoms with Crippen molar-refractivity contribution in [1.29, 1.82) is 0 Å². The molecule has 0 spiro atoms. The van der Waals surface area contributed by atoms with Crippen molar-refractivity contribution < 1.29 is 38.7 Å². The molecular formula is C33H26N2O8S. The summed E-state index contributed by atoms with van der Waals surface area (Å²) in [6.07, 6.45) is -0.0177. The second-order valence-electron chi connectivity index (χ2n) is 9.99. The second-order valence-corrected chi connectivity index (χ2v) is 10.5. The molecule has 2 N–H and O–H groups in total. The summed E-state index contributed by atoms with van der Waals surface area (Å²) in [6, 6.07) is 26.5. The van der Waals surface area contributed by atoms with Crippen molar-refractivity contribution in [3.8, 4) is 17.2 Å². The Balaban J connectivity index is 1.41. The number of nitrogens with zero attached hydrogens (tertiary/aromatic N) is 2. The molecule has 1 atom stereocenters. The molecule has 0 bridgehead atoms. The largest absolute Gasteiger partial charge is 0.497 e. The van der Waals surface area contributed by atoms with E-state index in [9.17, 15) is 19.8 Å². The van der Waals surface area contributed by atoms with E-state index in [1.54, 1.807) is 60.7 Å². The van der Waals surface area contributed by atoms with Gasteiger partial charge in [-0.25, -0.2) is 9.59 Å². The van der Waals surface area contributed by atoms with E-state index in [1.807, 2.05) is 30.3 Å². The molecule has 0 radical (unpaired) electrons. The summed E-state index contributed by atoms with van der Waals surface area (Å²) in [5.74, 6) is -2.79. The van der Waals surface area contributed by atoms with Crippen LogP contribution < -0.4 is 14.2 Å². The quantitative estimate of drug-likeness (QED) is 0.193. The van der Waals surface area contributed by atoms with Gasteiger partial charge in [0.2, 0.25) is 0 Å². The predicted octanol–water partition coefficient (Wildman–Crippen LogP) is 5.14. The summed E-state index contributed by atoms with van der Waals surface area (Å²) in [4.78, 5) is 24.8. The molecule has 4 aromatic carbocycles. The van der Waals surface area contributed by atoms with Gasteiger partial charge in [0.1, 0.15) is 34.9 Å². The molecule has 0 saturated heterocycles. The van der Waals surface area contributed by atoms with Gasteiger partial charge in [-0.2, -0.15) is 8.75 Å². The molecule has 11 heteroatoms. The Morgan fingerprint density at radius 1 is 0.909 bits per heavy atom. The Labute approximate surface area is 256 Å². The zero-order valence-corrected chi connectivity index (χ0v) is 24.2. The van der Waals surface area contributed by atoms with E-state index >= 15 is 0 Å². The van der Waals surface area contributed by atoms with Gasteiger partial charge in [-0.05, 0) is 59.2 Å². The average molecular weight is 611 g/mol. The number of carbonyl (C=O) groups excluding carboxylic acids is 1. The fraction of sp³-hybridized carbons (Fsp3) is 0.152. The normalized spacial score (nSPS) is 16.2. The number of hydrogen-bond donors (Lipinski definition) is 2. The van der Waals surface area contributed by atoms with Gasteiger partial charge in [-0.1, -0.05) is 42.5 Å². The van der Waals surface area contributed by atoms with Gasteiger partial charge >= 0.3 is 11.9 Å². The molecule has 1 aromatic heterocycles. The zero-order chi connectivity index (χ0) is 30.7. The number of aliphatic carboxylic acids is 1. The first-order valence-corrected chi connectivity index (χ1v) is 14.3. The molecular weight excluding hydrogens is 584 g/mol.